The van der Waals surface area contributed by atoms with Gasteiger partial charge in [-0.25, -0.2) is 0 Å². The maximum atomic E-state index is 12.1. The Kier molecular flexibility index (Phi) is 11.3. The topological polar surface area (TPSA) is 20.3 Å². The van der Waals surface area contributed by atoms with Gasteiger partial charge in [-0.3, -0.25) is 4.79 Å². The molecule has 0 bridgehead atoms. The van der Waals surface area contributed by atoms with E-state index in [1.807, 2.05) is 42.2 Å². The van der Waals surface area contributed by atoms with Crippen molar-refractivity contribution in [1.82, 2.24) is 0 Å². The molecule has 0 saturated heterocycles. The van der Waals surface area contributed by atoms with E-state index in [4.69, 9.17) is 0 Å². The fourth-order valence-corrected chi connectivity index (χ4v) is 2.89. The first-order valence-corrected chi connectivity index (χ1v) is 9.45. The van der Waals surface area contributed by atoms with E-state index < -0.39 is 0 Å². The number of carbonyl (C=O) groups is 1. The molecular weight excluding hydrogens is 282 g/mol. The first kappa shape index (κ1) is 19.7. The largest absolute Gasteiger partial charge is 0.312 e. The van der Waals surface area contributed by atoms with Crippen molar-refractivity contribution in [1.29, 1.82) is 0 Å². The van der Waals surface area contributed by atoms with E-state index in [1.165, 1.54) is 57.8 Å². The number of carbonyl (C=O) groups excluding carboxylic acids is 1. The van der Waals surface area contributed by atoms with Crippen molar-refractivity contribution in [2.24, 2.45) is 0 Å². The molecule has 0 unspecified atom stereocenters. The number of nitrogens with zero attached hydrogens (tertiary/aromatic N) is 1. The summed E-state index contributed by atoms with van der Waals surface area (Å²) in [5, 5.41) is 0. The second-order valence-electron chi connectivity index (χ2n) is 6.30. The number of hydrogen-bond acceptors (Lipinski definition) is 1. The summed E-state index contributed by atoms with van der Waals surface area (Å²) in [6, 6.07) is 9.99. The van der Waals surface area contributed by atoms with Gasteiger partial charge in [-0.15, -0.1) is 0 Å². The first-order valence-electron chi connectivity index (χ1n) is 9.45. The lowest BCUT2D eigenvalue weighted by atomic mass is 10.1. The van der Waals surface area contributed by atoms with Crippen molar-refractivity contribution < 1.29 is 4.79 Å². The molecule has 0 heterocycles. The van der Waals surface area contributed by atoms with E-state index in [2.05, 4.69) is 6.92 Å². The Morgan fingerprint density at radius 1 is 0.870 bits per heavy atom. The van der Waals surface area contributed by atoms with Crippen LogP contribution in [-0.2, 0) is 4.79 Å². The zero-order chi connectivity index (χ0) is 16.8. The van der Waals surface area contributed by atoms with Gasteiger partial charge < -0.3 is 4.90 Å². The smallest absolute Gasteiger partial charge is 0.230 e. The summed E-state index contributed by atoms with van der Waals surface area (Å²) in [7, 11) is 0. The molecule has 1 radical (unpaired) electrons. The van der Waals surface area contributed by atoms with Gasteiger partial charge in [0, 0.05) is 18.7 Å². The molecule has 129 valence electrons. The van der Waals surface area contributed by atoms with Crippen molar-refractivity contribution in [3.63, 3.8) is 0 Å². The molecule has 1 amide bonds. The molecule has 0 aromatic heterocycles. The van der Waals surface area contributed by atoms with Gasteiger partial charge in [0.2, 0.25) is 5.91 Å². The fourth-order valence-electron chi connectivity index (χ4n) is 2.89. The van der Waals surface area contributed by atoms with Crippen LogP contribution in [-0.4, -0.2) is 12.5 Å². The molecule has 23 heavy (non-hydrogen) atoms. The number of unbranched alkanes of at least 4 members (excludes halogenated alkanes) is 9. The maximum absolute atomic E-state index is 12.1. The Hall–Kier alpha value is -1.31. The highest BCUT2D eigenvalue weighted by atomic mass is 16.2. The molecule has 1 aromatic carbocycles. The van der Waals surface area contributed by atoms with Crippen LogP contribution in [0.5, 0.6) is 0 Å². The van der Waals surface area contributed by atoms with Crippen LogP contribution in [0.15, 0.2) is 30.3 Å². The molecule has 2 nitrogen and oxygen atoms in total. The van der Waals surface area contributed by atoms with Crippen LogP contribution in [0.2, 0.25) is 0 Å². The van der Waals surface area contributed by atoms with Gasteiger partial charge in [0.05, 0.1) is 0 Å². The summed E-state index contributed by atoms with van der Waals surface area (Å²) in [6.45, 7) is 4.90. The molecule has 0 fully saturated rings. The van der Waals surface area contributed by atoms with E-state index in [1.54, 1.807) is 6.42 Å². The summed E-state index contributed by atoms with van der Waals surface area (Å²) in [5.74, 6) is 0.104. The van der Waals surface area contributed by atoms with E-state index in [0.29, 0.717) is 0 Å². The van der Waals surface area contributed by atoms with Crippen molar-refractivity contribution >= 4 is 11.6 Å². The van der Waals surface area contributed by atoms with Gasteiger partial charge in [-0.05, 0) is 18.6 Å². The quantitative estimate of drug-likeness (QED) is 0.399. The molecule has 1 rings (SSSR count). The van der Waals surface area contributed by atoms with Gasteiger partial charge >= 0.3 is 0 Å². The highest BCUT2D eigenvalue weighted by molar-refractivity contribution is 5.98. The predicted octanol–water partition coefficient (Wildman–Crippen LogP) is 6.16. The number of rotatable bonds is 13. The van der Waals surface area contributed by atoms with Crippen LogP contribution in [0.4, 0.5) is 5.69 Å². The summed E-state index contributed by atoms with van der Waals surface area (Å²) >= 11 is 0. The molecule has 0 aliphatic heterocycles. The number of hydrogen-bond donors (Lipinski definition) is 0. The molecule has 2 heteroatoms. The Labute approximate surface area is 143 Å². The third-order valence-electron chi connectivity index (χ3n) is 4.32. The number of benzene rings is 1. The second kappa shape index (κ2) is 13.2. The Morgan fingerprint density at radius 3 is 1.91 bits per heavy atom. The third kappa shape index (κ3) is 8.78. The van der Waals surface area contributed by atoms with Crippen molar-refractivity contribution in [2.75, 3.05) is 11.4 Å². The second-order valence-corrected chi connectivity index (χ2v) is 6.30. The molecule has 0 aliphatic rings. The lowest BCUT2D eigenvalue weighted by Crippen LogP contribution is -2.31. The molecule has 0 aliphatic carbocycles. The average molecular weight is 317 g/mol. The highest BCUT2D eigenvalue weighted by Crippen LogP contribution is 2.16. The van der Waals surface area contributed by atoms with Crippen LogP contribution in [0, 0.1) is 6.42 Å². The number of amides is 1. The molecule has 0 N–H and O–H groups in total. The minimum absolute atomic E-state index is 0.104. The van der Waals surface area contributed by atoms with Crippen LogP contribution < -0.4 is 4.90 Å². The highest BCUT2D eigenvalue weighted by Gasteiger charge is 2.12. The van der Waals surface area contributed by atoms with Crippen molar-refractivity contribution in [3.05, 3.63) is 36.8 Å². The average Bonchev–Trinajstić information content (AvgIpc) is 2.60. The summed E-state index contributed by atoms with van der Waals surface area (Å²) in [6.07, 6.45) is 14.9. The Morgan fingerprint density at radius 2 is 1.39 bits per heavy atom. The van der Waals surface area contributed by atoms with Crippen molar-refractivity contribution in [3.8, 4) is 0 Å². The van der Waals surface area contributed by atoms with Gasteiger partial charge in [0.25, 0.3) is 0 Å². The maximum Gasteiger partial charge on any atom is 0.230 e. The lowest BCUT2D eigenvalue weighted by Gasteiger charge is -2.22. The first-order chi connectivity index (χ1) is 11.3. The Bertz CT molecular complexity index is 402. The van der Waals surface area contributed by atoms with Crippen LogP contribution >= 0.6 is 0 Å². The van der Waals surface area contributed by atoms with Crippen molar-refractivity contribution in [2.45, 2.75) is 78.1 Å². The van der Waals surface area contributed by atoms with E-state index in [-0.39, 0.29) is 5.91 Å². The van der Waals surface area contributed by atoms with Gasteiger partial charge in [-0.2, -0.15) is 0 Å². The molecule has 0 saturated carbocycles. The Balaban J connectivity index is 2.15. The standard InChI is InChI=1S/C21H34NO/c1-3-5-6-7-8-9-10-11-12-16-19-22(21(23)4-2)20-17-14-13-15-18-20/h4,13-15,17-18H,3,5-12,16,19H2,1-2H3. The molecular formula is C21H34NO. The number of anilines is 1. The normalized spacial score (nSPS) is 10.7. The van der Waals surface area contributed by atoms with Crippen LogP contribution in [0.3, 0.4) is 0 Å². The molecule has 1 aromatic rings. The lowest BCUT2D eigenvalue weighted by molar-refractivity contribution is -0.115. The van der Waals surface area contributed by atoms with E-state index in [0.717, 1.165) is 18.7 Å². The summed E-state index contributed by atoms with van der Waals surface area (Å²) < 4.78 is 0. The summed E-state index contributed by atoms with van der Waals surface area (Å²) in [4.78, 5) is 14.0. The van der Waals surface area contributed by atoms with Gasteiger partial charge in [0.1, 0.15) is 0 Å². The van der Waals surface area contributed by atoms with Crippen LogP contribution in [0.1, 0.15) is 78.1 Å². The van der Waals surface area contributed by atoms with Crippen LogP contribution in [0.25, 0.3) is 0 Å². The monoisotopic (exact) mass is 316 g/mol. The minimum Gasteiger partial charge on any atom is -0.312 e. The zero-order valence-corrected chi connectivity index (χ0v) is 15.1. The van der Waals surface area contributed by atoms with Gasteiger partial charge in [0.15, 0.2) is 0 Å². The molecule has 0 atom stereocenters. The summed E-state index contributed by atoms with van der Waals surface area (Å²) in [5.41, 5.74) is 1.01. The predicted molar refractivity (Wildman–Crippen MR) is 101 cm³/mol. The third-order valence-corrected chi connectivity index (χ3v) is 4.32. The van der Waals surface area contributed by atoms with E-state index >= 15 is 0 Å². The zero-order valence-electron chi connectivity index (χ0n) is 15.1. The number of para-hydroxylation sites is 1. The minimum atomic E-state index is 0.104. The fraction of sp³-hybridized carbons (Fsp3) is 0.619. The van der Waals surface area contributed by atoms with E-state index in [9.17, 15) is 4.79 Å². The SMILES string of the molecule is C[CH]C(=O)N(CCCCCCCCCCCC)c1ccccc1. The van der Waals surface area contributed by atoms with Gasteiger partial charge in [-0.1, -0.05) is 89.8 Å². The molecule has 0 spiro atoms.